The Morgan fingerprint density at radius 2 is 1.65 bits per heavy atom. The average Bonchev–Trinajstić information content (AvgIpc) is 2.75. The molecule has 0 radical (unpaired) electrons. The highest BCUT2D eigenvalue weighted by atomic mass is 127. The van der Waals surface area contributed by atoms with Crippen molar-refractivity contribution in [1.29, 1.82) is 0 Å². The first kappa shape index (κ1) is 25.6. The van der Waals surface area contributed by atoms with Gasteiger partial charge >= 0.3 is 0 Å². The van der Waals surface area contributed by atoms with E-state index in [1.54, 1.807) is 12.1 Å². The molecule has 0 aliphatic heterocycles. The maximum absolute atomic E-state index is 11.6. The van der Waals surface area contributed by atoms with Gasteiger partial charge in [0.1, 0.15) is 0 Å². The largest absolute Gasteiger partial charge is 0.357 e. The standard InChI is InChI=1S/C24H33N3O2S.HI/c1-3-25-24(26-18-17-19-9-15-23(16-10-19)30(2,28)29)27-22-13-11-21(12-14-22)20-7-5-4-6-8-20;/h4-10,15-16,21-22H,3,11-14,17-18H2,1-2H3,(H2,25,26,27);1H. The summed E-state index contributed by atoms with van der Waals surface area (Å²) >= 11 is 0. The van der Waals surface area contributed by atoms with Crippen LogP contribution in [-0.2, 0) is 16.3 Å². The summed E-state index contributed by atoms with van der Waals surface area (Å²) in [6.07, 6.45) is 6.71. The van der Waals surface area contributed by atoms with Gasteiger partial charge in [-0.25, -0.2) is 8.42 Å². The van der Waals surface area contributed by atoms with Gasteiger partial charge in [-0.15, -0.1) is 24.0 Å². The molecular formula is C24H34IN3O2S. The van der Waals surface area contributed by atoms with Crippen molar-refractivity contribution in [2.75, 3.05) is 19.3 Å². The van der Waals surface area contributed by atoms with Crippen LogP contribution in [0, 0.1) is 0 Å². The maximum Gasteiger partial charge on any atom is 0.191 e. The van der Waals surface area contributed by atoms with Crippen LogP contribution in [0.3, 0.4) is 0 Å². The van der Waals surface area contributed by atoms with Crippen LogP contribution in [0.4, 0.5) is 0 Å². The normalized spacial score (nSPS) is 19.4. The summed E-state index contributed by atoms with van der Waals surface area (Å²) in [5.41, 5.74) is 2.55. The molecule has 0 heterocycles. The zero-order chi connectivity index (χ0) is 21.4. The molecule has 1 saturated carbocycles. The number of benzene rings is 2. The number of sulfone groups is 1. The molecule has 0 aromatic heterocycles. The van der Waals surface area contributed by atoms with E-state index in [1.165, 1.54) is 24.7 Å². The third-order valence-electron chi connectivity index (χ3n) is 5.71. The van der Waals surface area contributed by atoms with Crippen molar-refractivity contribution in [3.05, 3.63) is 65.7 Å². The number of guanidine groups is 1. The van der Waals surface area contributed by atoms with Crippen molar-refractivity contribution in [1.82, 2.24) is 10.6 Å². The molecule has 170 valence electrons. The van der Waals surface area contributed by atoms with Crippen LogP contribution in [0.25, 0.3) is 0 Å². The Hall–Kier alpha value is -1.61. The van der Waals surface area contributed by atoms with Crippen molar-refractivity contribution in [2.24, 2.45) is 4.99 Å². The molecule has 1 fully saturated rings. The fourth-order valence-electron chi connectivity index (χ4n) is 4.01. The van der Waals surface area contributed by atoms with Gasteiger partial charge in [-0.3, -0.25) is 4.99 Å². The molecule has 0 atom stereocenters. The minimum Gasteiger partial charge on any atom is -0.357 e. The van der Waals surface area contributed by atoms with E-state index in [9.17, 15) is 8.42 Å². The molecule has 31 heavy (non-hydrogen) atoms. The van der Waals surface area contributed by atoms with Gasteiger partial charge < -0.3 is 10.6 Å². The smallest absolute Gasteiger partial charge is 0.191 e. The average molecular weight is 556 g/mol. The second-order valence-corrected chi connectivity index (χ2v) is 10.0. The number of aliphatic imine (C=N–C) groups is 1. The molecule has 0 unspecified atom stereocenters. The summed E-state index contributed by atoms with van der Waals surface area (Å²) < 4.78 is 23.1. The number of halogens is 1. The number of rotatable bonds is 7. The van der Waals surface area contributed by atoms with Crippen LogP contribution in [-0.4, -0.2) is 39.8 Å². The van der Waals surface area contributed by atoms with E-state index in [1.807, 2.05) is 12.1 Å². The summed E-state index contributed by atoms with van der Waals surface area (Å²) in [4.78, 5) is 5.08. The topological polar surface area (TPSA) is 70.6 Å². The van der Waals surface area contributed by atoms with Gasteiger partial charge in [0.2, 0.25) is 0 Å². The lowest BCUT2D eigenvalue weighted by atomic mass is 9.82. The predicted octanol–water partition coefficient (Wildman–Crippen LogP) is 4.53. The first-order valence-corrected chi connectivity index (χ1v) is 12.7. The quantitative estimate of drug-likeness (QED) is 0.299. The Morgan fingerprint density at radius 3 is 2.23 bits per heavy atom. The molecule has 0 spiro atoms. The highest BCUT2D eigenvalue weighted by Crippen LogP contribution is 2.32. The second-order valence-electron chi connectivity index (χ2n) is 8.03. The molecule has 2 N–H and O–H groups in total. The highest BCUT2D eigenvalue weighted by Gasteiger charge is 2.22. The molecule has 7 heteroatoms. The first-order valence-electron chi connectivity index (χ1n) is 10.8. The molecular weight excluding hydrogens is 521 g/mol. The summed E-state index contributed by atoms with van der Waals surface area (Å²) in [7, 11) is -3.15. The van der Waals surface area contributed by atoms with Gasteiger partial charge in [-0.2, -0.15) is 0 Å². The molecule has 3 rings (SSSR count). The SMILES string of the molecule is CCNC(=NCCc1ccc(S(C)(=O)=O)cc1)NC1CCC(c2ccccc2)CC1.I. The molecule has 0 amide bonds. The number of nitrogens with one attached hydrogen (secondary N) is 2. The van der Waals surface area contributed by atoms with Crippen LogP contribution < -0.4 is 10.6 Å². The van der Waals surface area contributed by atoms with E-state index in [0.29, 0.717) is 23.4 Å². The van der Waals surface area contributed by atoms with E-state index in [4.69, 9.17) is 4.99 Å². The van der Waals surface area contributed by atoms with Gasteiger partial charge in [0.05, 0.1) is 4.90 Å². The predicted molar refractivity (Wildman–Crippen MR) is 139 cm³/mol. The number of hydrogen-bond acceptors (Lipinski definition) is 3. The van der Waals surface area contributed by atoms with Crippen LogP contribution in [0.5, 0.6) is 0 Å². The maximum atomic E-state index is 11.6. The Bertz CT molecular complexity index is 923. The number of nitrogens with zero attached hydrogens (tertiary/aromatic N) is 1. The van der Waals surface area contributed by atoms with E-state index in [2.05, 4.69) is 47.9 Å². The van der Waals surface area contributed by atoms with Gasteiger partial charge in [0.25, 0.3) is 0 Å². The lowest BCUT2D eigenvalue weighted by Gasteiger charge is -2.30. The third kappa shape index (κ3) is 8.11. The van der Waals surface area contributed by atoms with Crippen molar-refractivity contribution in [2.45, 2.75) is 55.9 Å². The zero-order valence-corrected chi connectivity index (χ0v) is 21.5. The second kappa shape index (κ2) is 12.4. The summed E-state index contributed by atoms with van der Waals surface area (Å²) in [5, 5.41) is 6.95. The van der Waals surface area contributed by atoms with Gasteiger partial charge in [0.15, 0.2) is 15.8 Å². The molecule has 5 nitrogen and oxygen atoms in total. The van der Waals surface area contributed by atoms with E-state index in [0.717, 1.165) is 37.3 Å². The Morgan fingerprint density at radius 1 is 1.00 bits per heavy atom. The fraction of sp³-hybridized carbons (Fsp3) is 0.458. The Balaban J connectivity index is 0.00000341. The van der Waals surface area contributed by atoms with Crippen LogP contribution in [0.1, 0.15) is 49.7 Å². The Kier molecular flexibility index (Phi) is 10.3. The fourth-order valence-corrected chi connectivity index (χ4v) is 4.64. The monoisotopic (exact) mass is 555 g/mol. The number of hydrogen-bond donors (Lipinski definition) is 2. The zero-order valence-electron chi connectivity index (χ0n) is 18.4. The van der Waals surface area contributed by atoms with Crippen molar-refractivity contribution >= 4 is 39.8 Å². The van der Waals surface area contributed by atoms with E-state index < -0.39 is 9.84 Å². The lowest BCUT2D eigenvalue weighted by molar-refractivity contribution is 0.371. The first-order chi connectivity index (χ1) is 14.5. The van der Waals surface area contributed by atoms with Crippen molar-refractivity contribution in [3.63, 3.8) is 0 Å². The van der Waals surface area contributed by atoms with Gasteiger partial charge in [-0.1, -0.05) is 42.5 Å². The van der Waals surface area contributed by atoms with Crippen LogP contribution in [0.15, 0.2) is 64.5 Å². The molecule has 1 aliphatic rings. The molecule has 2 aromatic carbocycles. The van der Waals surface area contributed by atoms with Crippen molar-refractivity contribution in [3.8, 4) is 0 Å². The van der Waals surface area contributed by atoms with E-state index >= 15 is 0 Å². The highest BCUT2D eigenvalue weighted by molar-refractivity contribution is 14.0. The lowest BCUT2D eigenvalue weighted by Crippen LogP contribution is -2.44. The summed E-state index contributed by atoms with van der Waals surface area (Å²) in [5.74, 6) is 1.53. The summed E-state index contributed by atoms with van der Waals surface area (Å²) in [6.45, 7) is 3.56. The third-order valence-corrected chi connectivity index (χ3v) is 6.83. The van der Waals surface area contributed by atoms with E-state index in [-0.39, 0.29) is 24.0 Å². The van der Waals surface area contributed by atoms with Crippen LogP contribution in [0.2, 0.25) is 0 Å². The van der Waals surface area contributed by atoms with Crippen molar-refractivity contribution < 1.29 is 8.42 Å². The molecule has 0 bridgehead atoms. The molecule has 0 saturated heterocycles. The minimum absolute atomic E-state index is 0. The minimum atomic E-state index is -3.15. The summed E-state index contributed by atoms with van der Waals surface area (Å²) in [6, 6.07) is 18.4. The van der Waals surface area contributed by atoms with Gasteiger partial charge in [0, 0.05) is 25.4 Å². The molecule has 2 aromatic rings. The Labute approximate surface area is 204 Å². The van der Waals surface area contributed by atoms with Gasteiger partial charge in [-0.05, 0) is 68.2 Å². The molecule has 1 aliphatic carbocycles. The van der Waals surface area contributed by atoms with Crippen LogP contribution >= 0.6 is 24.0 Å².